The van der Waals surface area contributed by atoms with E-state index in [4.69, 9.17) is 19.5 Å². The molecule has 43 heavy (non-hydrogen) atoms. The molecule has 2 aliphatic carbocycles. The molecule has 0 amide bonds. The predicted molar refractivity (Wildman–Crippen MR) is 196 cm³/mol. The Hall–Kier alpha value is -2.62. The number of ether oxygens (including phenoxy) is 2. The minimum atomic E-state index is 0.413. The summed E-state index contributed by atoms with van der Waals surface area (Å²) in [5, 5.41) is 0. The lowest BCUT2D eigenvalue weighted by molar-refractivity contribution is 0.310. The molecule has 4 heteroatoms. The zero-order chi connectivity index (χ0) is 33.3. The number of rotatable bonds is 7. The van der Waals surface area contributed by atoms with Crippen LogP contribution < -0.4 is 0 Å². The van der Waals surface area contributed by atoms with Gasteiger partial charge in [0, 0.05) is 11.1 Å². The van der Waals surface area contributed by atoms with Crippen LogP contribution in [-0.2, 0) is 9.47 Å². The van der Waals surface area contributed by atoms with Crippen molar-refractivity contribution in [3.63, 3.8) is 0 Å². The summed E-state index contributed by atoms with van der Waals surface area (Å²) < 4.78 is 11.1. The van der Waals surface area contributed by atoms with Crippen LogP contribution in [0.2, 0.25) is 0 Å². The Labute approximate surface area is 268 Å². The Bertz CT molecular complexity index is 841. The highest BCUT2D eigenvalue weighted by Gasteiger charge is 2.19. The number of allylic oxidation sites excluding steroid dienone is 3. The van der Waals surface area contributed by atoms with E-state index in [1.807, 2.05) is 118 Å². The first-order valence-electron chi connectivity index (χ1n) is 17.4. The molecule has 0 spiro atoms. The maximum absolute atomic E-state index is 5.72. The average Bonchev–Trinajstić information content (AvgIpc) is 3.09. The lowest BCUT2D eigenvalue weighted by Crippen LogP contribution is -2.19. The van der Waals surface area contributed by atoms with Gasteiger partial charge in [0.1, 0.15) is 0 Å². The summed E-state index contributed by atoms with van der Waals surface area (Å²) in [7, 11) is 1.70. The lowest BCUT2D eigenvalue weighted by Gasteiger charge is -2.24. The average molecular weight is 599 g/mol. The van der Waals surface area contributed by atoms with Gasteiger partial charge in [0.05, 0.1) is 25.8 Å². The van der Waals surface area contributed by atoms with E-state index in [0.29, 0.717) is 18.7 Å². The number of methoxy groups -OCH3 is 1. The van der Waals surface area contributed by atoms with Gasteiger partial charge in [0.2, 0.25) is 11.8 Å². The van der Waals surface area contributed by atoms with Gasteiger partial charge in [-0.25, -0.2) is 9.98 Å². The molecule has 0 unspecified atom stereocenters. The van der Waals surface area contributed by atoms with E-state index in [1.54, 1.807) is 13.2 Å². The zero-order valence-electron chi connectivity index (χ0n) is 30.4. The van der Waals surface area contributed by atoms with Gasteiger partial charge in [-0.05, 0) is 70.4 Å². The fraction of sp³-hybridized carbons (Fsp3) is 0.641. The molecule has 3 rings (SSSR count). The SMILES string of the molecule is C=C/C=C(\C=C/C)C(=NC1CCC(C)CC1)OCC.CC.CC.CC.CC.COC(=NC1CCCCC1)c1ccccc1. The third-order valence-corrected chi connectivity index (χ3v) is 6.55. The molecule has 0 aliphatic heterocycles. The van der Waals surface area contributed by atoms with E-state index < -0.39 is 0 Å². The first kappa shape index (κ1) is 44.8. The molecular weight excluding hydrogens is 528 g/mol. The summed E-state index contributed by atoms with van der Waals surface area (Å²) >= 11 is 0. The van der Waals surface area contributed by atoms with Crippen molar-refractivity contribution in [3.05, 3.63) is 72.4 Å². The van der Waals surface area contributed by atoms with Gasteiger partial charge in [-0.2, -0.15) is 0 Å². The Balaban J connectivity index is -0.000000608. The molecule has 1 aromatic rings. The van der Waals surface area contributed by atoms with Gasteiger partial charge in [0.15, 0.2) is 0 Å². The number of aliphatic imine (C=N–C) groups is 2. The maximum Gasteiger partial charge on any atom is 0.216 e. The van der Waals surface area contributed by atoms with Crippen molar-refractivity contribution >= 4 is 11.8 Å². The molecule has 0 aromatic heterocycles. The fourth-order valence-corrected chi connectivity index (χ4v) is 4.58. The highest BCUT2D eigenvalue weighted by atomic mass is 16.5. The van der Waals surface area contributed by atoms with Crippen molar-refractivity contribution in [2.24, 2.45) is 15.9 Å². The van der Waals surface area contributed by atoms with E-state index in [9.17, 15) is 0 Å². The minimum Gasteiger partial charge on any atom is -0.481 e. The van der Waals surface area contributed by atoms with Crippen LogP contribution in [0.15, 0.2) is 76.8 Å². The molecule has 2 aliphatic rings. The largest absolute Gasteiger partial charge is 0.481 e. The minimum absolute atomic E-state index is 0.413. The Kier molecular flexibility index (Phi) is 35.3. The monoisotopic (exact) mass is 599 g/mol. The van der Waals surface area contributed by atoms with Crippen LogP contribution >= 0.6 is 0 Å². The second-order valence-corrected chi connectivity index (χ2v) is 9.43. The van der Waals surface area contributed by atoms with Crippen LogP contribution in [0.25, 0.3) is 0 Å². The normalized spacial score (nSPS) is 18.7. The molecule has 0 heterocycles. The second-order valence-electron chi connectivity index (χ2n) is 9.43. The van der Waals surface area contributed by atoms with Crippen molar-refractivity contribution < 1.29 is 9.47 Å². The molecule has 2 fully saturated rings. The smallest absolute Gasteiger partial charge is 0.216 e. The summed E-state index contributed by atoms with van der Waals surface area (Å²) in [6, 6.07) is 11.0. The zero-order valence-corrected chi connectivity index (χ0v) is 30.4. The van der Waals surface area contributed by atoms with Gasteiger partial charge in [0.25, 0.3) is 0 Å². The van der Waals surface area contributed by atoms with Gasteiger partial charge in [-0.15, -0.1) is 0 Å². The van der Waals surface area contributed by atoms with Gasteiger partial charge < -0.3 is 9.47 Å². The third kappa shape index (κ3) is 21.7. The molecule has 0 N–H and O–H groups in total. The van der Waals surface area contributed by atoms with Crippen molar-refractivity contribution in [2.45, 2.75) is 146 Å². The number of hydrogen-bond donors (Lipinski definition) is 0. The Morgan fingerprint density at radius 3 is 1.81 bits per heavy atom. The van der Waals surface area contributed by atoms with E-state index in [0.717, 1.165) is 28.8 Å². The lowest BCUT2D eigenvalue weighted by atomic mass is 9.88. The van der Waals surface area contributed by atoms with E-state index in [2.05, 4.69) is 13.5 Å². The third-order valence-electron chi connectivity index (χ3n) is 6.55. The van der Waals surface area contributed by atoms with Crippen molar-refractivity contribution in [1.29, 1.82) is 0 Å². The van der Waals surface area contributed by atoms with Crippen molar-refractivity contribution in [1.82, 2.24) is 0 Å². The number of nitrogens with zero attached hydrogens (tertiary/aromatic N) is 2. The van der Waals surface area contributed by atoms with Crippen LogP contribution in [0, 0.1) is 5.92 Å². The topological polar surface area (TPSA) is 43.2 Å². The van der Waals surface area contributed by atoms with Gasteiger partial charge in [-0.1, -0.05) is 131 Å². The Morgan fingerprint density at radius 1 is 0.814 bits per heavy atom. The maximum atomic E-state index is 5.72. The second kappa shape index (κ2) is 33.9. The molecule has 248 valence electrons. The first-order chi connectivity index (χ1) is 21.1. The Morgan fingerprint density at radius 2 is 1.35 bits per heavy atom. The summed E-state index contributed by atoms with van der Waals surface area (Å²) in [5.74, 6) is 2.40. The van der Waals surface area contributed by atoms with E-state index in [-0.39, 0.29) is 0 Å². The summed E-state index contributed by atoms with van der Waals surface area (Å²) in [5.41, 5.74) is 2.09. The highest BCUT2D eigenvalue weighted by molar-refractivity contribution is 5.96. The standard InChI is InChI=1S/C17H27NO.C14H19NO.4C2H6/c1-5-8-15(9-6-2)17(19-7-3)18-16-12-10-14(4)11-13-16;1-16-14(12-8-4-2-5-9-12)15-13-10-6-3-7-11-13;4*1-2/h5-6,8-9,14,16H,1,7,10-13H2,2-4H3;2,4-5,8-9,13H,3,6-7,10-11H2,1H3;4*1-2H3/b9-6-,15-8+,18-17?;;;;;. The summed E-state index contributed by atoms with van der Waals surface area (Å²) in [4.78, 5) is 9.54. The van der Waals surface area contributed by atoms with Crippen molar-refractivity contribution in [2.75, 3.05) is 13.7 Å². The van der Waals surface area contributed by atoms with Crippen molar-refractivity contribution in [3.8, 4) is 0 Å². The summed E-state index contributed by atoms with van der Waals surface area (Å²) in [6.45, 7) is 26.7. The fourth-order valence-electron chi connectivity index (χ4n) is 4.58. The molecule has 0 bridgehead atoms. The summed E-state index contributed by atoms with van der Waals surface area (Å²) in [6.07, 6.45) is 19.1. The molecular formula is C39H70N2O2. The van der Waals surface area contributed by atoms with Gasteiger partial charge >= 0.3 is 0 Å². The quantitative estimate of drug-likeness (QED) is 0.178. The molecule has 0 radical (unpaired) electrons. The molecule has 4 nitrogen and oxygen atoms in total. The first-order valence-corrected chi connectivity index (χ1v) is 17.4. The highest BCUT2D eigenvalue weighted by Crippen LogP contribution is 2.26. The molecule has 2 saturated carbocycles. The number of hydrogen-bond acceptors (Lipinski definition) is 4. The number of benzene rings is 1. The molecule has 0 atom stereocenters. The molecule has 0 saturated heterocycles. The van der Waals surface area contributed by atoms with Crippen LogP contribution in [0.4, 0.5) is 0 Å². The van der Waals surface area contributed by atoms with Crippen LogP contribution in [0.1, 0.15) is 140 Å². The van der Waals surface area contributed by atoms with Gasteiger partial charge in [-0.3, -0.25) is 0 Å². The van der Waals surface area contributed by atoms with Crippen LogP contribution in [0.3, 0.4) is 0 Å². The predicted octanol–water partition coefficient (Wildman–Crippen LogP) is 12.2. The van der Waals surface area contributed by atoms with E-state index in [1.165, 1.54) is 57.8 Å². The molecule has 1 aromatic carbocycles. The van der Waals surface area contributed by atoms with E-state index >= 15 is 0 Å². The van der Waals surface area contributed by atoms with Crippen LogP contribution in [0.5, 0.6) is 0 Å². The van der Waals surface area contributed by atoms with Crippen LogP contribution in [-0.4, -0.2) is 37.6 Å².